The first kappa shape index (κ1) is 21.4. The maximum atomic E-state index is 13.5. The highest BCUT2D eigenvalue weighted by molar-refractivity contribution is 6.09. The average Bonchev–Trinajstić information content (AvgIpc) is 2.74. The molecule has 8 heteroatoms. The van der Waals surface area contributed by atoms with Crippen molar-refractivity contribution in [1.29, 1.82) is 5.26 Å². The molecule has 154 valence electrons. The number of hydrogen-bond donors (Lipinski definition) is 1. The first-order chi connectivity index (χ1) is 14.7. The fourth-order valence-electron chi connectivity index (χ4n) is 3.44. The summed E-state index contributed by atoms with van der Waals surface area (Å²) in [5.74, 6) is -0.707. The zero-order valence-electron chi connectivity index (χ0n) is 17.3. The van der Waals surface area contributed by atoms with Gasteiger partial charge in [-0.05, 0) is 54.3 Å². The van der Waals surface area contributed by atoms with Gasteiger partial charge >= 0.3 is 5.69 Å². The third-order valence-electron chi connectivity index (χ3n) is 4.76. The van der Waals surface area contributed by atoms with Gasteiger partial charge in [0.05, 0.1) is 18.2 Å². The van der Waals surface area contributed by atoms with E-state index in [9.17, 15) is 19.6 Å². The number of hydrogen-bond acceptors (Lipinski definition) is 5. The fourth-order valence-corrected chi connectivity index (χ4v) is 3.44. The van der Waals surface area contributed by atoms with Crippen LogP contribution in [0.1, 0.15) is 58.1 Å². The Morgan fingerprint density at radius 3 is 2.68 bits per heavy atom. The van der Waals surface area contributed by atoms with E-state index >= 15 is 0 Å². The van der Waals surface area contributed by atoms with Crippen molar-refractivity contribution >= 4 is 11.6 Å². The molecule has 0 spiro atoms. The van der Waals surface area contributed by atoms with Gasteiger partial charge in [-0.25, -0.2) is 4.79 Å². The van der Waals surface area contributed by atoms with Gasteiger partial charge in [-0.15, -0.1) is 4.98 Å². The number of ketones is 1. The van der Waals surface area contributed by atoms with Crippen LogP contribution in [0.4, 0.5) is 5.82 Å². The summed E-state index contributed by atoms with van der Waals surface area (Å²) in [6.07, 6.45) is 1.45. The third-order valence-corrected chi connectivity index (χ3v) is 4.76. The SMILES string of the molecule is [C-]#[N+]c1cc(Cn2c(C(=O)c3cc(C)cc(C#N)c3)c(C(C)C)c(=O)[nH]c2=O)ccn1. The van der Waals surface area contributed by atoms with Crippen LogP contribution in [-0.4, -0.2) is 20.3 Å². The van der Waals surface area contributed by atoms with Gasteiger partial charge in [-0.3, -0.25) is 19.1 Å². The molecule has 0 unspecified atom stereocenters. The Morgan fingerprint density at radius 1 is 1.29 bits per heavy atom. The molecule has 31 heavy (non-hydrogen) atoms. The zero-order valence-corrected chi connectivity index (χ0v) is 17.3. The highest BCUT2D eigenvalue weighted by atomic mass is 16.2. The zero-order chi connectivity index (χ0) is 22.7. The predicted molar refractivity (Wildman–Crippen MR) is 114 cm³/mol. The molecule has 0 radical (unpaired) electrons. The van der Waals surface area contributed by atoms with Gasteiger partial charge in [0.1, 0.15) is 11.9 Å². The lowest BCUT2D eigenvalue weighted by Crippen LogP contribution is -2.38. The number of aryl methyl sites for hydroxylation is 1. The minimum absolute atomic E-state index is 0.0283. The summed E-state index contributed by atoms with van der Waals surface area (Å²) in [4.78, 5) is 48.4. The molecule has 3 aromatic rings. The summed E-state index contributed by atoms with van der Waals surface area (Å²) in [6, 6.07) is 9.88. The van der Waals surface area contributed by atoms with Crippen LogP contribution in [0.2, 0.25) is 0 Å². The predicted octanol–water partition coefficient (Wildman–Crippen LogP) is 3.07. The second-order valence-corrected chi connectivity index (χ2v) is 7.43. The molecule has 0 aliphatic rings. The third kappa shape index (κ3) is 4.34. The van der Waals surface area contributed by atoms with Gasteiger partial charge < -0.3 is 4.85 Å². The Bertz CT molecular complexity index is 1380. The van der Waals surface area contributed by atoms with E-state index in [2.05, 4.69) is 14.8 Å². The van der Waals surface area contributed by atoms with Gasteiger partial charge in [0.15, 0.2) is 0 Å². The molecule has 0 amide bonds. The number of nitrogens with one attached hydrogen (secondary N) is 1. The van der Waals surface area contributed by atoms with Crippen LogP contribution in [0.5, 0.6) is 0 Å². The summed E-state index contributed by atoms with van der Waals surface area (Å²) in [7, 11) is 0. The molecule has 8 nitrogen and oxygen atoms in total. The van der Waals surface area contributed by atoms with Gasteiger partial charge in [0, 0.05) is 11.1 Å². The second kappa shape index (κ2) is 8.60. The Balaban J connectivity index is 2.29. The molecule has 3 rings (SSSR count). The van der Waals surface area contributed by atoms with E-state index in [1.807, 2.05) is 6.07 Å². The van der Waals surface area contributed by atoms with Crippen LogP contribution < -0.4 is 11.2 Å². The summed E-state index contributed by atoms with van der Waals surface area (Å²) >= 11 is 0. The van der Waals surface area contributed by atoms with Crippen molar-refractivity contribution in [2.45, 2.75) is 33.2 Å². The first-order valence-corrected chi connectivity index (χ1v) is 9.51. The van der Waals surface area contributed by atoms with E-state index in [-0.39, 0.29) is 35.1 Å². The van der Waals surface area contributed by atoms with Crippen molar-refractivity contribution in [2.24, 2.45) is 0 Å². The molecule has 0 saturated heterocycles. The minimum atomic E-state index is -0.730. The van der Waals surface area contributed by atoms with E-state index in [0.717, 1.165) is 0 Å². The average molecular weight is 413 g/mol. The van der Waals surface area contributed by atoms with E-state index in [1.54, 1.807) is 39.0 Å². The first-order valence-electron chi connectivity index (χ1n) is 9.51. The lowest BCUT2D eigenvalue weighted by Gasteiger charge is -2.18. The number of nitrogens with zero attached hydrogens (tertiary/aromatic N) is 4. The van der Waals surface area contributed by atoms with Crippen LogP contribution in [0.25, 0.3) is 4.85 Å². The molecule has 0 fully saturated rings. The number of pyridine rings is 1. The van der Waals surface area contributed by atoms with Crippen molar-refractivity contribution in [3.8, 4) is 6.07 Å². The van der Waals surface area contributed by atoms with Gasteiger partial charge in [-0.2, -0.15) is 5.26 Å². The van der Waals surface area contributed by atoms with Gasteiger partial charge in [0.25, 0.3) is 11.4 Å². The molecular formula is C23H19N5O3. The summed E-state index contributed by atoms with van der Waals surface area (Å²) in [5.41, 5.74) is 0.627. The Morgan fingerprint density at radius 2 is 2.03 bits per heavy atom. The van der Waals surface area contributed by atoms with Crippen LogP contribution in [0.15, 0.2) is 46.1 Å². The quantitative estimate of drug-likeness (QED) is 0.510. The Hall–Kier alpha value is -4.30. The number of benzene rings is 1. The van der Waals surface area contributed by atoms with Crippen LogP contribution in [0.3, 0.4) is 0 Å². The van der Waals surface area contributed by atoms with E-state index in [4.69, 9.17) is 6.57 Å². The Labute approximate surface area is 178 Å². The van der Waals surface area contributed by atoms with Crippen LogP contribution in [0, 0.1) is 24.8 Å². The number of carbonyl (C=O) groups is 1. The normalized spacial score (nSPS) is 10.5. The maximum Gasteiger partial charge on any atom is 0.329 e. The van der Waals surface area contributed by atoms with Crippen LogP contribution in [-0.2, 0) is 6.54 Å². The molecule has 0 bridgehead atoms. The monoisotopic (exact) mass is 413 g/mol. The van der Waals surface area contributed by atoms with E-state index in [0.29, 0.717) is 16.7 Å². The fraction of sp³-hybridized carbons (Fsp3) is 0.217. The highest BCUT2D eigenvalue weighted by Gasteiger charge is 2.25. The molecule has 0 atom stereocenters. The molecular weight excluding hydrogens is 394 g/mol. The number of aromatic nitrogens is 3. The van der Waals surface area contributed by atoms with E-state index < -0.39 is 17.0 Å². The number of carbonyl (C=O) groups excluding carboxylic acids is 1. The van der Waals surface area contributed by atoms with Crippen molar-refractivity contribution in [1.82, 2.24) is 14.5 Å². The molecule has 1 aromatic carbocycles. The van der Waals surface area contributed by atoms with Crippen molar-refractivity contribution in [3.05, 3.63) is 102 Å². The molecule has 2 heterocycles. The largest absolute Gasteiger partial charge is 0.361 e. The van der Waals surface area contributed by atoms with Gasteiger partial charge in [0.2, 0.25) is 5.78 Å². The lowest BCUT2D eigenvalue weighted by atomic mass is 9.95. The molecule has 0 aliphatic heterocycles. The molecule has 0 saturated carbocycles. The standard InChI is InChI=1S/C23H19N5O3/c1-13(2)19-20(21(29)17-8-14(3)7-16(9-17)11-24)28(23(31)27-22(19)30)12-15-5-6-26-18(10-15)25-4/h5-10,13H,12H2,1-3H3,(H,27,30,31). The number of aromatic amines is 1. The van der Waals surface area contributed by atoms with Crippen LogP contribution >= 0.6 is 0 Å². The number of nitriles is 1. The minimum Gasteiger partial charge on any atom is -0.361 e. The summed E-state index contributed by atoms with van der Waals surface area (Å²) in [5, 5.41) is 9.27. The lowest BCUT2D eigenvalue weighted by molar-refractivity contribution is 0.102. The van der Waals surface area contributed by atoms with Crippen molar-refractivity contribution in [2.75, 3.05) is 0 Å². The second-order valence-electron chi connectivity index (χ2n) is 7.43. The highest BCUT2D eigenvalue weighted by Crippen LogP contribution is 2.21. The number of rotatable bonds is 5. The maximum absolute atomic E-state index is 13.5. The summed E-state index contributed by atoms with van der Waals surface area (Å²) in [6.45, 7) is 12.4. The number of H-pyrrole nitrogens is 1. The topological polar surface area (TPSA) is 113 Å². The molecule has 2 aromatic heterocycles. The van der Waals surface area contributed by atoms with E-state index in [1.165, 1.54) is 22.9 Å². The van der Waals surface area contributed by atoms with Crippen molar-refractivity contribution in [3.63, 3.8) is 0 Å². The molecule has 0 aliphatic carbocycles. The smallest absolute Gasteiger partial charge is 0.329 e. The molecule has 1 N–H and O–H groups in total. The summed E-state index contributed by atoms with van der Waals surface area (Å²) < 4.78 is 1.20. The van der Waals surface area contributed by atoms with Gasteiger partial charge in [-0.1, -0.05) is 20.4 Å². The van der Waals surface area contributed by atoms with Crippen molar-refractivity contribution < 1.29 is 4.79 Å². The Kier molecular flexibility index (Phi) is 5.94.